The van der Waals surface area contributed by atoms with Crippen LogP contribution >= 0.6 is 0 Å². The van der Waals surface area contributed by atoms with Crippen LogP contribution in [0.1, 0.15) is 18.4 Å². The molecule has 34 heavy (non-hydrogen) atoms. The van der Waals surface area contributed by atoms with Crippen LogP contribution in [-0.4, -0.2) is 36.3 Å². The molecule has 3 heterocycles. The molecule has 0 saturated carbocycles. The molecule has 2 aromatic carbocycles. The van der Waals surface area contributed by atoms with Crippen molar-refractivity contribution in [2.45, 2.75) is 32.0 Å². The van der Waals surface area contributed by atoms with Crippen LogP contribution in [0.4, 0.5) is 10.1 Å². The summed E-state index contributed by atoms with van der Waals surface area (Å²) < 4.78 is 23.2. The first-order chi connectivity index (χ1) is 16.4. The summed E-state index contributed by atoms with van der Waals surface area (Å²) in [5.74, 6) is -0.454. The van der Waals surface area contributed by atoms with E-state index in [-0.39, 0.29) is 36.0 Å². The smallest absolute Gasteiger partial charge is 0.337 e. The average Bonchev–Trinajstić information content (AvgIpc) is 3.49. The van der Waals surface area contributed by atoms with E-state index in [1.807, 2.05) is 0 Å². The monoisotopic (exact) mass is 465 g/mol. The molecule has 0 radical (unpaired) electrons. The van der Waals surface area contributed by atoms with Gasteiger partial charge in [0.1, 0.15) is 5.82 Å². The van der Waals surface area contributed by atoms with Gasteiger partial charge in [0.15, 0.2) is 11.2 Å². The first-order valence-corrected chi connectivity index (χ1v) is 10.7. The second kappa shape index (κ2) is 8.67. The first-order valence-electron chi connectivity index (χ1n) is 10.7. The van der Waals surface area contributed by atoms with Crippen molar-refractivity contribution < 1.29 is 14.1 Å². The number of hydrogen-bond donors (Lipinski definition) is 0. The van der Waals surface area contributed by atoms with Crippen LogP contribution in [0.2, 0.25) is 0 Å². The molecule has 5 rings (SSSR count). The van der Waals surface area contributed by atoms with Gasteiger partial charge in [0, 0.05) is 25.3 Å². The zero-order chi connectivity index (χ0) is 23.8. The van der Waals surface area contributed by atoms with Crippen molar-refractivity contribution in [2.75, 3.05) is 6.61 Å². The third-order valence-electron chi connectivity index (χ3n) is 5.90. The van der Waals surface area contributed by atoms with Gasteiger partial charge in [0.2, 0.25) is 0 Å². The Kier molecular flexibility index (Phi) is 5.54. The lowest BCUT2D eigenvalue weighted by atomic mass is 10.2. The largest absolute Gasteiger partial charge is 0.376 e. The zero-order valence-electron chi connectivity index (χ0n) is 18.0. The van der Waals surface area contributed by atoms with Gasteiger partial charge in [-0.25, -0.2) is 18.7 Å². The number of hydrogen-bond acceptors (Lipinski definition) is 6. The van der Waals surface area contributed by atoms with Crippen molar-refractivity contribution in [2.24, 2.45) is 0 Å². The van der Waals surface area contributed by atoms with Gasteiger partial charge >= 0.3 is 5.69 Å². The molecule has 1 fully saturated rings. The molecule has 0 N–H and O–H groups in total. The van der Waals surface area contributed by atoms with Crippen LogP contribution in [0.3, 0.4) is 0 Å². The van der Waals surface area contributed by atoms with Crippen LogP contribution in [-0.2, 0) is 17.8 Å². The number of nitro benzene ring substituents is 1. The van der Waals surface area contributed by atoms with E-state index in [9.17, 15) is 24.1 Å². The molecule has 0 aliphatic carbocycles. The maximum absolute atomic E-state index is 13.5. The Hall–Kier alpha value is -4.12. The summed E-state index contributed by atoms with van der Waals surface area (Å²) in [4.78, 5) is 41.7. The van der Waals surface area contributed by atoms with Crippen molar-refractivity contribution in [3.05, 3.63) is 97.2 Å². The molecule has 2 aromatic heterocycles. The van der Waals surface area contributed by atoms with E-state index in [4.69, 9.17) is 4.74 Å². The number of non-ortho nitro benzene ring substituents is 1. The molecule has 0 bridgehead atoms. The fraction of sp³-hybridized carbons (Fsp3) is 0.261. The predicted molar refractivity (Wildman–Crippen MR) is 121 cm³/mol. The van der Waals surface area contributed by atoms with E-state index in [2.05, 4.69) is 4.98 Å². The standard InChI is InChI=1S/C23H20FN5O5/c24-16-5-9-17(10-6-16)28-21-20(22(30)27(23(28)31)13-19-2-1-11-34-19)26(14-25-21)12-15-3-7-18(8-4-15)29(32)33/h3-10,14,19H,1-2,11-13H2. The number of rotatable bonds is 6. The summed E-state index contributed by atoms with van der Waals surface area (Å²) in [5, 5.41) is 10.9. The highest BCUT2D eigenvalue weighted by molar-refractivity contribution is 5.72. The molecule has 4 aromatic rings. The Morgan fingerprint density at radius 2 is 1.85 bits per heavy atom. The Balaban J connectivity index is 1.67. The van der Waals surface area contributed by atoms with E-state index >= 15 is 0 Å². The molecule has 0 amide bonds. The average molecular weight is 465 g/mol. The SMILES string of the molecule is O=c1c2c(ncn2Cc2ccc([N+](=O)[O-])cc2)n(-c2ccc(F)cc2)c(=O)n1CC1CCCO1. The minimum absolute atomic E-state index is 0.0386. The molecule has 174 valence electrons. The molecule has 1 saturated heterocycles. The fourth-order valence-corrected chi connectivity index (χ4v) is 4.20. The lowest BCUT2D eigenvalue weighted by Gasteiger charge is -2.15. The lowest BCUT2D eigenvalue weighted by Crippen LogP contribution is -2.42. The Morgan fingerprint density at radius 1 is 1.12 bits per heavy atom. The zero-order valence-corrected chi connectivity index (χ0v) is 18.0. The van der Waals surface area contributed by atoms with Crippen LogP contribution in [0.5, 0.6) is 0 Å². The van der Waals surface area contributed by atoms with Gasteiger partial charge in [-0.15, -0.1) is 0 Å². The number of imidazole rings is 1. The van der Waals surface area contributed by atoms with Gasteiger partial charge in [0.25, 0.3) is 11.2 Å². The summed E-state index contributed by atoms with van der Waals surface area (Å²) in [6.07, 6.45) is 2.79. The highest BCUT2D eigenvalue weighted by Crippen LogP contribution is 2.18. The topological polar surface area (TPSA) is 114 Å². The van der Waals surface area contributed by atoms with Gasteiger partial charge in [-0.2, -0.15) is 0 Å². The van der Waals surface area contributed by atoms with Gasteiger partial charge in [-0.05, 0) is 42.7 Å². The van der Waals surface area contributed by atoms with E-state index < -0.39 is 22.0 Å². The van der Waals surface area contributed by atoms with E-state index in [1.165, 1.54) is 47.3 Å². The molecule has 1 aliphatic rings. The second-order valence-electron chi connectivity index (χ2n) is 8.11. The maximum atomic E-state index is 13.5. The number of fused-ring (bicyclic) bond motifs is 1. The summed E-state index contributed by atoms with van der Waals surface area (Å²) in [6, 6.07) is 11.3. The summed E-state index contributed by atoms with van der Waals surface area (Å²) in [6.45, 7) is 0.884. The van der Waals surface area contributed by atoms with Gasteiger partial charge in [-0.1, -0.05) is 12.1 Å². The predicted octanol–water partition coefficient (Wildman–Crippen LogP) is 2.62. The number of aromatic nitrogens is 4. The Morgan fingerprint density at radius 3 is 2.50 bits per heavy atom. The quantitative estimate of drug-likeness (QED) is 0.319. The van der Waals surface area contributed by atoms with E-state index in [1.54, 1.807) is 16.7 Å². The third-order valence-corrected chi connectivity index (χ3v) is 5.90. The second-order valence-corrected chi connectivity index (χ2v) is 8.11. The van der Waals surface area contributed by atoms with Crippen LogP contribution in [0.15, 0.2) is 64.4 Å². The Bertz CT molecular complexity index is 1480. The highest BCUT2D eigenvalue weighted by Gasteiger charge is 2.23. The number of halogens is 1. The first kappa shape index (κ1) is 21.7. The van der Waals surface area contributed by atoms with Crippen molar-refractivity contribution >= 4 is 16.9 Å². The normalized spacial score (nSPS) is 15.7. The number of ether oxygens (including phenoxy) is 1. The van der Waals surface area contributed by atoms with E-state index in [0.717, 1.165) is 23.0 Å². The number of nitrogens with zero attached hydrogens (tertiary/aromatic N) is 5. The molecule has 1 unspecified atom stereocenters. The van der Waals surface area contributed by atoms with Crippen molar-refractivity contribution in [1.82, 2.24) is 18.7 Å². The van der Waals surface area contributed by atoms with Gasteiger partial charge in [0.05, 0.1) is 29.6 Å². The maximum Gasteiger partial charge on any atom is 0.337 e. The molecular formula is C23H20FN5O5. The molecule has 10 nitrogen and oxygen atoms in total. The van der Waals surface area contributed by atoms with E-state index in [0.29, 0.717) is 12.3 Å². The van der Waals surface area contributed by atoms with Crippen LogP contribution in [0, 0.1) is 15.9 Å². The summed E-state index contributed by atoms with van der Waals surface area (Å²) >= 11 is 0. The molecular weight excluding hydrogens is 445 g/mol. The van der Waals surface area contributed by atoms with Crippen molar-refractivity contribution in [3.8, 4) is 5.69 Å². The fourth-order valence-electron chi connectivity index (χ4n) is 4.20. The third kappa shape index (κ3) is 3.90. The van der Waals surface area contributed by atoms with Gasteiger partial charge in [-0.3, -0.25) is 19.5 Å². The summed E-state index contributed by atoms with van der Waals surface area (Å²) in [5.41, 5.74) is 0.303. The van der Waals surface area contributed by atoms with Gasteiger partial charge < -0.3 is 9.30 Å². The number of benzene rings is 2. The lowest BCUT2D eigenvalue weighted by molar-refractivity contribution is -0.384. The molecule has 1 aliphatic heterocycles. The number of nitro groups is 1. The molecule has 11 heteroatoms. The molecule has 0 spiro atoms. The van der Waals surface area contributed by atoms with Crippen LogP contribution in [0.25, 0.3) is 16.9 Å². The highest BCUT2D eigenvalue weighted by atomic mass is 19.1. The van der Waals surface area contributed by atoms with Crippen LogP contribution < -0.4 is 11.2 Å². The summed E-state index contributed by atoms with van der Waals surface area (Å²) in [7, 11) is 0. The molecule has 1 atom stereocenters. The minimum Gasteiger partial charge on any atom is -0.376 e. The Labute approximate surface area is 191 Å². The van der Waals surface area contributed by atoms with Crippen molar-refractivity contribution in [1.29, 1.82) is 0 Å². The van der Waals surface area contributed by atoms with Crippen molar-refractivity contribution in [3.63, 3.8) is 0 Å². The minimum atomic E-state index is -0.583.